The number of carbonyl (C=O) groups excluding carboxylic acids is 1. The van der Waals surface area contributed by atoms with Gasteiger partial charge in [-0.1, -0.05) is 0 Å². The standard InChI is InChI=1S/C13H24N2O3S.ClH/c1-9(8-19(2,17)18)14-13(16)7-10-5-11-3-4-12(6-10)15-11;/h9-12,15H,3-8H2,1-2H3,(H,14,16);1H. The normalized spacial score (nSPS) is 30.4. The Labute approximate surface area is 127 Å². The van der Waals surface area contributed by atoms with Crippen LogP contribution in [0.25, 0.3) is 0 Å². The van der Waals surface area contributed by atoms with E-state index >= 15 is 0 Å². The van der Waals surface area contributed by atoms with Crippen molar-refractivity contribution in [1.29, 1.82) is 0 Å². The fourth-order valence-corrected chi connectivity index (χ4v) is 4.43. The van der Waals surface area contributed by atoms with E-state index in [0.717, 1.165) is 12.8 Å². The Kier molecular flexibility index (Phi) is 6.28. The van der Waals surface area contributed by atoms with Gasteiger partial charge in [0.25, 0.3) is 0 Å². The molecule has 7 heteroatoms. The molecule has 0 saturated carbocycles. The van der Waals surface area contributed by atoms with Crippen LogP contribution in [0.15, 0.2) is 0 Å². The van der Waals surface area contributed by atoms with Crippen LogP contribution in [0.4, 0.5) is 0 Å². The fourth-order valence-electron chi connectivity index (χ4n) is 3.43. The molecule has 3 atom stereocenters. The zero-order valence-electron chi connectivity index (χ0n) is 12.1. The molecule has 0 spiro atoms. The van der Waals surface area contributed by atoms with Crippen molar-refractivity contribution in [3.63, 3.8) is 0 Å². The van der Waals surface area contributed by atoms with Gasteiger partial charge in [-0.3, -0.25) is 4.79 Å². The maximum Gasteiger partial charge on any atom is 0.220 e. The summed E-state index contributed by atoms with van der Waals surface area (Å²) < 4.78 is 22.3. The summed E-state index contributed by atoms with van der Waals surface area (Å²) in [5, 5.41) is 6.35. The number of sulfone groups is 1. The van der Waals surface area contributed by atoms with E-state index in [-0.39, 0.29) is 30.1 Å². The Hall–Kier alpha value is -0.330. The van der Waals surface area contributed by atoms with E-state index in [1.54, 1.807) is 6.92 Å². The van der Waals surface area contributed by atoms with Crippen LogP contribution in [0.3, 0.4) is 0 Å². The summed E-state index contributed by atoms with van der Waals surface area (Å²) in [5.74, 6) is 0.447. The number of nitrogens with one attached hydrogen (secondary N) is 2. The molecule has 2 fully saturated rings. The Morgan fingerprint density at radius 2 is 1.85 bits per heavy atom. The maximum atomic E-state index is 11.9. The molecule has 2 heterocycles. The van der Waals surface area contributed by atoms with Gasteiger partial charge in [-0.2, -0.15) is 0 Å². The second-order valence-electron chi connectivity index (χ2n) is 6.24. The molecular formula is C13H25ClN2O3S. The van der Waals surface area contributed by atoms with E-state index in [1.165, 1.54) is 19.1 Å². The lowest BCUT2D eigenvalue weighted by Gasteiger charge is -2.29. The van der Waals surface area contributed by atoms with Crippen molar-refractivity contribution in [3.05, 3.63) is 0 Å². The van der Waals surface area contributed by atoms with Gasteiger partial charge < -0.3 is 10.6 Å². The number of carbonyl (C=O) groups is 1. The van der Waals surface area contributed by atoms with Gasteiger partial charge in [0.05, 0.1) is 5.75 Å². The summed E-state index contributed by atoms with van der Waals surface area (Å²) in [6, 6.07) is 0.871. The molecule has 2 aliphatic heterocycles. The van der Waals surface area contributed by atoms with Crippen molar-refractivity contribution < 1.29 is 13.2 Å². The molecule has 118 valence electrons. The highest BCUT2D eigenvalue weighted by atomic mass is 35.5. The van der Waals surface area contributed by atoms with Crippen LogP contribution in [-0.2, 0) is 14.6 Å². The lowest BCUT2D eigenvalue weighted by Crippen LogP contribution is -2.42. The van der Waals surface area contributed by atoms with E-state index in [0.29, 0.717) is 24.4 Å². The highest BCUT2D eigenvalue weighted by Crippen LogP contribution is 2.32. The summed E-state index contributed by atoms with van der Waals surface area (Å²) in [7, 11) is -3.03. The lowest BCUT2D eigenvalue weighted by molar-refractivity contribution is -0.122. The molecule has 5 nitrogen and oxygen atoms in total. The minimum Gasteiger partial charge on any atom is -0.353 e. The molecule has 0 aromatic heterocycles. The van der Waals surface area contributed by atoms with Crippen molar-refractivity contribution in [3.8, 4) is 0 Å². The van der Waals surface area contributed by atoms with Gasteiger partial charge in [-0.05, 0) is 38.5 Å². The van der Waals surface area contributed by atoms with E-state index in [2.05, 4.69) is 10.6 Å². The van der Waals surface area contributed by atoms with Crippen molar-refractivity contribution >= 4 is 28.2 Å². The monoisotopic (exact) mass is 324 g/mol. The Morgan fingerprint density at radius 1 is 1.30 bits per heavy atom. The Bertz CT molecular complexity index is 429. The van der Waals surface area contributed by atoms with Crippen molar-refractivity contribution in [2.24, 2.45) is 5.92 Å². The SMILES string of the molecule is CC(CS(C)(=O)=O)NC(=O)CC1CC2CCC(C1)N2.Cl. The van der Waals surface area contributed by atoms with Crippen LogP contribution < -0.4 is 10.6 Å². The number of amides is 1. The van der Waals surface area contributed by atoms with Crippen molar-refractivity contribution in [2.45, 2.75) is 57.2 Å². The topological polar surface area (TPSA) is 75.3 Å². The quantitative estimate of drug-likeness (QED) is 0.787. The summed E-state index contributed by atoms with van der Waals surface area (Å²) in [5.41, 5.74) is 0. The number of fused-ring (bicyclic) bond motifs is 2. The molecular weight excluding hydrogens is 300 g/mol. The molecule has 0 aromatic rings. The molecule has 20 heavy (non-hydrogen) atoms. The van der Waals surface area contributed by atoms with Gasteiger partial charge in [0, 0.05) is 30.8 Å². The third-order valence-electron chi connectivity index (χ3n) is 4.00. The number of rotatable bonds is 5. The van der Waals surface area contributed by atoms with E-state index in [9.17, 15) is 13.2 Å². The summed E-state index contributed by atoms with van der Waals surface area (Å²) in [6.07, 6.45) is 6.33. The first-order chi connectivity index (χ1) is 8.82. The van der Waals surface area contributed by atoms with Gasteiger partial charge in [0.15, 0.2) is 0 Å². The fraction of sp³-hybridized carbons (Fsp3) is 0.923. The summed E-state index contributed by atoms with van der Waals surface area (Å²) in [4.78, 5) is 11.9. The third kappa shape index (κ3) is 5.58. The molecule has 0 radical (unpaired) electrons. The smallest absolute Gasteiger partial charge is 0.220 e. The number of hydrogen-bond acceptors (Lipinski definition) is 4. The summed E-state index contributed by atoms with van der Waals surface area (Å²) in [6.45, 7) is 1.74. The molecule has 1 amide bonds. The Balaban J connectivity index is 0.00000200. The number of piperidine rings is 1. The van der Waals surface area contributed by atoms with Gasteiger partial charge in [0.2, 0.25) is 5.91 Å². The number of hydrogen-bond donors (Lipinski definition) is 2. The molecule has 2 aliphatic rings. The largest absolute Gasteiger partial charge is 0.353 e. The second-order valence-corrected chi connectivity index (χ2v) is 8.43. The first-order valence-electron chi connectivity index (χ1n) is 7.05. The molecule has 0 aromatic carbocycles. The van der Waals surface area contributed by atoms with Crippen molar-refractivity contribution in [2.75, 3.05) is 12.0 Å². The highest BCUT2D eigenvalue weighted by Gasteiger charge is 2.34. The second kappa shape index (κ2) is 7.09. The van der Waals surface area contributed by atoms with Gasteiger partial charge in [0.1, 0.15) is 9.84 Å². The minimum absolute atomic E-state index is 0. The lowest BCUT2D eigenvalue weighted by atomic mass is 9.89. The zero-order chi connectivity index (χ0) is 14.0. The van der Waals surface area contributed by atoms with E-state index in [4.69, 9.17) is 0 Å². The Morgan fingerprint density at radius 3 is 2.35 bits per heavy atom. The summed E-state index contributed by atoms with van der Waals surface area (Å²) >= 11 is 0. The van der Waals surface area contributed by atoms with E-state index < -0.39 is 9.84 Å². The minimum atomic E-state index is -3.03. The van der Waals surface area contributed by atoms with Gasteiger partial charge >= 0.3 is 0 Å². The van der Waals surface area contributed by atoms with E-state index in [1.807, 2.05) is 0 Å². The maximum absolute atomic E-state index is 11.9. The third-order valence-corrected chi connectivity index (χ3v) is 5.11. The van der Waals surface area contributed by atoms with Crippen LogP contribution in [0, 0.1) is 5.92 Å². The van der Waals surface area contributed by atoms with Gasteiger partial charge in [-0.15, -0.1) is 12.4 Å². The highest BCUT2D eigenvalue weighted by molar-refractivity contribution is 7.90. The van der Waals surface area contributed by atoms with Crippen LogP contribution in [0.1, 0.15) is 39.0 Å². The molecule has 2 rings (SSSR count). The van der Waals surface area contributed by atoms with Crippen LogP contribution in [0.5, 0.6) is 0 Å². The van der Waals surface area contributed by atoms with Crippen LogP contribution >= 0.6 is 12.4 Å². The molecule has 2 N–H and O–H groups in total. The average Bonchev–Trinajstić information content (AvgIpc) is 2.54. The van der Waals surface area contributed by atoms with Gasteiger partial charge in [-0.25, -0.2) is 8.42 Å². The van der Waals surface area contributed by atoms with Crippen LogP contribution in [-0.4, -0.2) is 44.5 Å². The molecule has 3 unspecified atom stereocenters. The molecule has 0 aliphatic carbocycles. The predicted octanol–water partition coefficient (Wildman–Crippen LogP) is 0.878. The van der Waals surface area contributed by atoms with Crippen molar-refractivity contribution in [1.82, 2.24) is 10.6 Å². The average molecular weight is 325 g/mol. The predicted molar refractivity (Wildman–Crippen MR) is 81.9 cm³/mol. The molecule has 2 bridgehead atoms. The zero-order valence-corrected chi connectivity index (χ0v) is 13.7. The van der Waals surface area contributed by atoms with Crippen LogP contribution in [0.2, 0.25) is 0 Å². The molecule has 2 saturated heterocycles. The first-order valence-corrected chi connectivity index (χ1v) is 9.11. The number of halogens is 1. The first kappa shape index (κ1) is 17.7.